The summed E-state index contributed by atoms with van der Waals surface area (Å²) in [6.45, 7) is 14.2. The number of hydrogen-bond acceptors (Lipinski definition) is 1. The normalized spacial score (nSPS) is 31.7. The summed E-state index contributed by atoms with van der Waals surface area (Å²) in [5.41, 5.74) is 0.727. The van der Waals surface area contributed by atoms with E-state index in [0.717, 1.165) is 24.7 Å². The summed E-state index contributed by atoms with van der Waals surface area (Å²) in [4.78, 5) is 0. The molecule has 2 atom stereocenters. The lowest BCUT2D eigenvalue weighted by Crippen LogP contribution is -2.35. The average molecular weight is 235 g/mol. The van der Waals surface area contributed by atoms with Crippen LogP contribution >= 0.6 is 0 Å². The van der Waals surface area contributed by atoms with Gasteiger partial charge in [0.25, 0.3) is 0 Å². The molecule has 0 saturated heterocycles. The lowest BCUT2D eigenvalue weighted by molar-refractivity contribution is 0.0646. The van der Waals surface area contributed by atoms with Crippen LogP contribution in [0.2, 0.25) is 0 Å². The molecule has 17 heavy (non-hydrogen) atoms. The summed E-state index contributed by atoms with van der Waals surface area (Å²) in [5, 5.41) is 9.14. The minimum Gasteiger partial charge on any atom is -0.198 e. The summed E-state index contributed by atoms with van der Waals surface area (Å²) < 4.78 is 0. The zero-order valence-corrected chi connectivity index (χ0v) is 12.5. The monoisotopic (exact) mass is 235 g/mol. The SMILES string of the molecule is CC(C)(C)C1CCC(C#N)CCC1C(C)(C)C. The molecule has 1 aliphatic carbocycles. The third-order valence-electron chi connectivity index (χ3n) is 4.55. The topological polar surface area (TPSA) is 23.8 Å². The number of rotatable bonds is 0. The van der Waals surface area contributed by atoms with Crippen molar-refractivity contribution in [1.82, 2.24) is 0 Å². The van der Waals surface area contributed by atoms with Gasteiger partial charge in [-0.3, -0.25) is 0 Å². The van der Waals surface area contributed by atoms with Crippen molar-refractivity contribution < 1.29 is 0 Å². The molecule has 1 saturated carbocycles. The van der Waals surface area contributed by atoms with Crippen LogP contribution in [-0.4, -0.2) is 0 Å². The highest BCUT2D eigenvalue weighted by atomic mass is 14.5. The summed E-state index contributed by atoms with van der Waals surface area (Å²) in [6, 6.07) is 2.49. The molecule has 0 aliphatic heterocycles. The van der Waals surface area contributed by atoms with E-state index < -0.39 is 0 Å². The maximum Gasteiger partial charge on any atom is 0.0655 e. The molecule has 0 bridgehead atoms. The predicted octanol–water partition coefficient (Wildman–Crippen LogP) is 5.02. The Morgan fingerprint density at radius 1 is 0.765 bits per heavy atom. The molecule has 0 radical (unpaired) electrons. The number of nitrogens with zero attached hydrogens (tertiary/aromatic N) is 1. The molecule has 1 nitrogen and oxygen atoms in total. The molecule has 1 aliphatic rings. The van der Waals surface area contributed by atoms with Gasteiger partial charge in [0.2, 0.25) is 0 Å². The molecule has 98 valence electrons. The minimum atomic E-state index is 0.298. The summed E-state index contributed by atoms with van der Waals surface area (Å²) in [6.07, 6.45) is 4.66. The maximum absolute atomic E-state index is 9.14. The second-order valence-corrected chi connectivity index (χ2v) is 7.93. The Morgan fingerprint density at radius 2 is 1.12 bits per heavy atom. The van der Waals surface area contributed by atoms with E-state index in [1.165, 1.54) is 12.8 Å². The van der Waals surface area contributed by atoms with Crippen molar-refractivity contribution in [1.29, 1.82) is 5.26 Å². The number of hydrogen-bond donors (Lipinski definition) is 0. The summed E-state index contributed by atoms with van der Waals surface area (Å²) in [7, 11) is 0. The van der Waals surface area contributed by atoms with Crippen LogP contribution in [0.25, 0.3) is 0 Å². The van der Waals surface area contributed by atoms with Gasteiger partial charge >= 0.3 is 0 Å². The fourth-order valence-corrected chi connectivity index (χ4v) is 3.51. The van der Waals surface area contributed by atoms with E-state index in [4.69, 9.17) is 5.26 Å². The van der Waals surface area contributed by atoms with Gasteiger partial charge in [-0.1, -0.05) is 41.5 Å². The Bertz CT molecular complexity index is 260. The molecular weight excluding hydrogens is 206 g/mol. The Kier molecular flexibility index (Phi) is 4.28. The van der Waals surface area contributed by atoms with Crippen LogP contribution in [0, 0.1) is 39.9 Å². The predicted molar refractivity (Wildman–Crippen MR) is 73.5 cm³/mol. The first-order chi connectivity index (χ1) is 7.66. The summed E-state index contributed by atoms with van der Waals surface area (Å²) in [5.74, 6) is 1.80. The van der Waals surface area contributed by atoms with Crippen LogP contribution in [0.3, 0.4) is 0 Å². The van der Waals surface area contributed by atoms with Crippen molar-refractivity contribution in [3.8, 4) is 6.07 Å². The molecule has 0 N–H and O–H groups in total. The van der Waals surface area contributed by atoms with Gasteiger partial charge in [-0.05, 0) is 48.3 Å². The third kappa shape index (κ3) is 3.73. The van der Waals surface area contributed by atoms with E-state index >= 15 is 0 Å². The quantitative estimate of drug-likeness (QED) is 0.540. The fraction of sp³-hybridized carbons (Fsp3) is 0.938. The van der Waals surface area contributed by atoms with Crippen LogP contribution in [0.5, 0.6) is 0 Å². The van der Waals surface area contributed by atoms with Gasteiger partial charge in [0.1, 0.15) is 0 Å². The van der Waals surface area contributed by atoms with Crippen LogP contribution < -0.4 is 0 Å². The smallest absolute Gasteiger partial charge is 0.0655 e. The van der Waals surface area contributed by atoms with Crippen molar-refractivity contribution in [3.05, 3.63) is 0 Å². The Hall–Kier alpha value is -0.510. The zero-order chi connectivity index (χ0) is 13.3. The van der Waals surface area contributed by atoms with Gasteiger partial charge in [0.05, 0.1) is 6.07 Å². The van der Waals surface area contributed by atoms with E-state index in [-0.39, 0.29) is 0 Å². The zero-order valence-electron chi connectivity index (χ0n) is 12.5. The fourth-order valence-electron chi connectivity index (χ4n) is 3.51. The molecule has 1 heteroatoms. The van der Waals surface area contributed by atoms with Crippen molar-refractivity contribution in [3.63, 3.8) is 0 Å². The molecule has 1 fully saturated rings. The van der Waals surface area contributed by atoms with E-state index in [2.05, 4.69) is 47.6 Å². The first-order valence-electron chi connectivity index (χ1n) is 7.06. The lowest BCUT2D eigenvalue weighted by atomic mass is 9.62. The molecule has 0 aromatic carbocycles. The highest BCUT2D eigenvalue weighted by molar-refractivity contribution is 4.94. The molecule has 0 aromatic heterocycles. The van der Waals surface area contributed by atoms with E-state index in [9.17, 15) is 0 Å². The molecule has 0 amide bonds. The molecule has 2 unspecified atom stereocenters. The minimum absolute atomic E-state index is 0.298. The maximum atomic E-state index is 9.14. The van der Waals surface area contributed by atoms with Crippen LogP contribution in [0.1, 0.15) is 67.2 Å². The molecular formula is C16H29N. The first kappa shape index (κ1) is 14.6. The molecule has 0 heterocycles. The van der Waals surface area contributed by atoms with Crippen LogP contribution in [0.15, 0.2) is 0 Å². The standard InChI is InChI=1S/C16H29N/c1-15(2,3)13-9-7-12(11-17)8-10-14(13)16(4,5)6/h12-14H,7-10H2,1-6H3. The average Bonchev–Trinajstić information content (AvgIpc) is 2.36. The highest BCUT2D eigenvalue weighted by Crippen LogP contribution is 2.48. The Labute approximate surface area is 108 Å². The van der Waals surface area contributed by atoms with E-state index in [0.29, 0.717) is 16.7 Å². The Morgan fingerprint density at radius 3 is 1.35 bits per heavy atom. The van der Waals surface area contributed by atoms with E-state index in [1.54, 1.807) is 0 Å². The van der Waals surface area contributed by atoms with Gasteiger partial charge < -0.3 is 0 Å². The van der Waals surface area contributed by atoms with Crippen molar-refractivity contribution >= 4 is 0 Å². The molecule has 0 aromatic rings. The molecule has 1 rings (SSSR count). The third-order valence-corrected chi connectivity index (χ3v) is 4.55. The second kappa shape index (κ2) is 5.01. The first-order valence-corrected chi connectivity index (χ1v) is 7.06. The van der Waals surface area contributed by atoms with Crippen molar-refractivity contribution in [2.45, 2.75) is 67.2 Å². The largest absolute Gasteiger partial charge is 0.198 e. The molecule has 0 spiro atoms. The van der Waals surface area contributed by atoms with E-state index in [1.807, 2.05) is 0 Å². The Balaban J connectivity index is 2.93. The lowest BCUT2D eigenvalue weighted by Gasteiger charge is -2.43. The van der Waals surface area contributed by atoms with Crippen molar-refractivity contribution in [2.75, 3.05) is 0 Å². The second-order valence-electron chi connectivity index (χ2n) is 7.93. The van der Waals surface area contributed by atoms with Gasteiger partial charge in [0, 0.05) is 5.92 Å². The summed E-state index contributed by atoms with van der Waals surface area (Å²) >= 11 is 0. The number of nitriles is 1. The van der Waals surface area contributed by atoms with Gasteiger partial charge in [-0.15, -0.1) is 0 Å². The van der Waals surface area contributed by atoms with Crippen LogP contribution in [-0.2, 0) is 0 Å². The van der Waals surface area contributed by atoms with Crippen molar-refractivity contribution in [2.24, 2.45) is 28.6 Å². The highest BCUT2D eigenvalue weighted by Gasteiger charge is 2.40. The van der Waals surface area contributed by atoms with Crippen LogP contribution in [0.4, 0.5) is 0 Å². The van der Waals surface area contributed by atoms with Gasteiger partial charge in [0.15, 0.2) is 0 Å². The van der Waals surface area contributed by atoms with Gasteiger partial charge in [-0.2, -0.15) is 5.26 Å². The van der Waals surface area contributed by atoms with Gasteiger partial charge in [-0.25, -0.2) is 0 Å².